The molecule has 116 valence electrons. The van der Waals surface area contributed by atoms with E-state index in [1.807, 2.05) is 0 Å². The zero-order valence-corrected chi connectivity index (χ0v) is 13.3. The van der Waals surface area contributed by atoms with Crippen molar-refractivity contribution in [3.05, 3.63) is 0 Å². The average molecular weight is 289 g/mol. The molecule has 2 heterocycles. The molecule has 2 aliphatic heterocycles. The summed E-state index contributed by atoms with van der Waals surface area (Å²) in [5, 5.41) is 3.54. The van der Waals surface area contributed by atoms with Crippen LogP contribution in [0.4, 0.5) is 0 Å². The van der Waals surface area contributed by atoms with Gasteiger partial charge in [-0.3, -0.25) is 5.32 Å². The van der Waals surface area contributed by atoms with Gasteiger partial charge in [-0.05, 0) is 25.7 Å². The summed E-state index contributed by atoms with van der Waals surface area (Å²) in [5.74, 6) is 2.08. The van der Waals surface area contributed by atoms with Crippen LogP contribution in [-0.2, 0) is 0 Å². The Bertz CT molecular complexity index is 429. The van der Waals surface area contributed by atoms with Crippen LogP contribution in [0.3, 0.4) is 0 Å². The van der Waals surface area contributed by atoms with Crippen LogP contribution in [0.1, 0.15) is 51.4 Å². The number of nitrogens with zero attached hydrogens (tertiary/aromatic N) is 4. The normalized spacial score (nSPS) is 38.8. The van der Waals surface area contributed by atoms with Crippen LogP contribution in [-0.4, -0.2) is 60.0 Å². The molecular formula is C16H27N5. The molecule has 2 aliphatic carbocycles. The number of rotatable bonds is 0. The van der Waals surface area contributed by atoms with Crippen LogP contribution in [0.2, 0.25) is 0 Å². The summed E-state index contributed by atoms with van der Waals surface area (Å²) in [6, 6.07) is 2.22. The van der Waals surface area contributed by atoms with Gasteiger partial charge in [0.25, 0.3) is 0 Å². The van der Waals surface area contributed by atoms with Gasteiger partial charge in [0.1, 0.15) is 0 Å². The van der Waals surface area contributed by atoms with E-state index < -0.39 is 0 Å². The molecule has 0 unspecified atom stereocenters. The maximum atomic E-state index is 4.93. The van der Waals surface area contributed by atoms with E-state index in [0.29, 0.717) is 24.2 Å². The molecule has 4 atom stereocenters. The molecule has 0 spiro atoms. The summed E-state index contributed by atoms with van der Waals surface area (Å²) >= 11 is 0. The van der Waals surface area contributed by atoms with Gasteiger partial charge in [-0.25, -0.2) is 9.98 Å². The van der Waals surface area contributed by atoms with Crippen LogP contribution in [0.25, 0.3) is 0 Å². The fourth-order valence-corrected chi connectivity index (χ4v) is 4.54. The Labute approximate surface area is 127 Å². The molecule has 0 saturated heterocycles. The second kappa shape index (κ2) is 5.18. The third kappa shape index (κ3) is 2.21. The first-order valence-electron chi connectivity index (χ1n) is 8.62. The minimum atomic E-state index is 0.501. The Kier molecular flexibility index (Phi) is 3.31. The summed E-state index contributed by atoms with van der Waals surface area (Å²) in [6.45, 7) is 0. The van der Waals surface area contributed by atoms with Gasteiger partial charge in [-0.1, -0.05) is 25.7 Å². The highest BCUT2D eigenvalue weighted by Gasteiger charge is 2.39. The van der Waals surface area contributed by atoms with E-state index in [1.54, 1.807) is 0 Å². The van der Waals surface area contributed by atoms with Crippen molar-refractivity contribution in [1.29, 1.82) is 0 Å². The van der Waals surface area contributed by atoms with Gasteiger partial charge in [0.2, 0.25) is 11.9 Å². The summed E-state index contributed by atoms with van der Waals surface area (Å²) in [6.07, 6.45) is 10.4. The van der Waals surface area contributed by atoms with E-state index in [9.17, 15) is 0 Å². The zero-order chi connectivity index (χ0) is 14.4. The molecule has 2 fully saturated rings. The Hall–Kier alpha value is -1.26. The van der Waals surface area contributed by atoms with Crippen LogP contribution >= 0.6 is 0 Å². The number of guanidine groups is 2. The van der Waals surface area contributed by atoms with E-state index >= 15 is 0 Å². The first-order chi connectivity index (χ1) is 10.2. The van der Waals surface area contributed by atoms with Crippen molar-refractivity contribution in [3.63, 3.8) is 0 Å². The summed E-state index contributed by atoms with van der Waals surface area (Å²) in [5.41, 5.74) is 0. The Morgan fingerprint density at radius 2 is 1.19 bits per heavy atom. The molecule has 21 heavy (non-hydrogen) atoms. The maximum absolute atomic E-state index is 4.93. The van der Waals surface area contributed by atoms with Crippen LogP contribution in [0.15, 0.2) is 9.98 Å². The topological polar surface area (TPSA) is 43.2 Å². The fourth-order valence-electron chi connectivity index (χ4n) is 4.54. The standard InChI is InChI=1S/C16H27N5/c1-20-13-9-5-3-7-11(13)17-15(20)19-16-18-12-8-4-6-10-14(12)21(16)2/h11-14H,3-10H2,1-2H3,(H,17,18,19)/t11-,12-,13-,14-/m0/s1. The largest absolute Gasteiger partial charge is 0.341 e. The summed E-state index contributed by atoms with van der Waals surface area (Å²) in [7, 11) is 4.37. The predicted molar refractivity (Wildman–Crippen MR) is 85.6 cm³/mol. The minimum absolute atomic E-state index is 0.501. The molecule has 4 aliphatic rings. The molecule has 4 rings (SSSR count). The Morgan fingerprint density at radius 3 is 1.62 bits per heavy atom. The van der Waals surface area contributed by atoms with Gasteiger partial charge in [0.15, 0.2) is 0 Å². The third-order valence-electron chi connectivity index (χ3n) is 5.85. The third-order valence-corrected chi connectivity index (χ3v) is 5.85. The molecule has 0 bridgehead atoms. The molecule has 0 amide bonds. The Balaban J connectivity index is 1.48. The van der Waals surface area contributed by atoms with E-state index in [1.165, 1.54) is 51.4 Å². The van der Waals surface area contributed by atoms with Crippen molar-refractivity contribution in [2.24, 2.45) is 9.98 Å². The van der Waals surface area contributed by atoms with Gasteiger partial charge in [-0.15, -0.1) is 0 Å². The van der Waals surface area contributed by atoms with Crippen molar-refractivity contribution in [1.82, 2.24) is 15.1 Å². The van der Waals surface area contributed by atoms with Crippen LogP contribution < -0.4 is 5.32 Å². The number of likely N-dealkylation sites (N-methyl/N-ethyl adjacent to an activating group) is 2. The number of fused-ring (bicyclic) bond motifs is 2. The highest BCUT2D eigenvalue weighted by molar-refractivity contribution is 6.00. The molecule has 2 saturated carbocycles. The highest BCUT2D eigenvalue weighted by Crippen LogP contribution is 2.31. The lowest BCUT2D eigenvalue weighted by molar-refractivity contribution is 0.269. The molecule has 5 heteroatoms. The quantitative estimate of drug-likeness (QED) is 0.739. The Morgan fingerprint density at radius 1 is 0.762 bits per heavy atom. The fraction of sp³-hybridized carbons (Fsp3) is 0.875. The molecule has 1 N–H and O–H groups in total. The molecule has 0 aromatic rings. The van der Waals surface area contributed by atoms with Crippen molar-refractivity contribution >= 4 is 11.9 Å². The number of hydrogen-bond acceptors (Lipinski definition) is 5. The van der Waals surface area contributed by atoms with E-state index in [-0.39, 0.29) is 0 Å². The zero-order valence-electron chi connectivity index (χ0n) is 13.3. The van der Waals surface area contributed by atoms with Crippen molar-refractivity contribution in [2.45, 2.75) is 75.5 Å². The predicted octanol–water partition coefficient (Wildman–Crippen LogP) is 1.80. The van der Waals surface area contributed by atoms with Crippen LogP contribution in [0.5, 0.6) is 0 Å². The number of nitrogens with one attached hydrogen (secondary N) is 1. The summed E-state index contributed by atoms with van der Waals surface area (Å²) in [4.78, 5) is 14.6. The minimum Gasteiger partial charge on any atom is -0.341 e. The van der Waals surface area contributed by atoms with Crippen molar-refractivity contribution in [2.75, 3.05) is 14.1 Å². The second-order valence-electron chi connectivity index (χ2n) is 7.09. The van der Waals surface area contributed by atoms with E-state index in [4.69, 9.17) is 9.98 Å². The maximum Gasteiger partial charge on any atom is 0.201 e. The van der Waals surface area contributed by atoms with Crippen molar-refractivity contribution < 1.29 is 0 Å². The van der Waals surface area contributed by atoms with Crippen molar-refractivity contribution in [3.8, 4) is 0 Å². The first kappa shape index (κ1) is 13.4. The lowest BCUT2D eigenvalue weighted by Gasteiger charge is -2.31. The monoisotopic (exact) mass is 289 g/mol. The lowest BCUT2D eigenvalue weighted by Crippen LogP contribution is -2.49. The molecule has 0 aromatic heterocycles. The summed E-state index contributed by atoms with van der Waals surface area (Å²) < 4.78 is 0. The smallest absolute Gasteiger partial charge is 0.201 e. The van der Waals surface area contributed by atoms with Gasteiger partial charge < -0.3 is 9.80 Å². The molecule has 0 aromatic carbocycles. The molecular weight excluding hydrogens is 262 g/mol. The SMILES string of the molecule is CN1C(NC2=N[C@H]3CCCC[C@@H]3N2C)=N[C@H]2CCCC[C@@H]21. The van der Waals surface area contributed by atoms with E-state index in [0.717, 1.165) is 11.9 Å². The van der Waals surface area contributed by atoms with Gasteiger partial charge in [-0.2, -0.15) is 0 Å². The average Bonchev–Trinajstić information content (AvgIpc) is 2.99. The second-order valence-corrected chi connectivity index (χ2v) is 7.09. The highest BCUT2D eigenvalue weighted by atomic mass is 15.4. The molecule has 0 radical (unpaired) electrons. The van der Waals surface area contributed by atoms with E-state index in [2.05, 4.69) is 29.2 Å². The lowest BCUT2D eigenvalue weighted by atomic mass is 9.91. The van der Waals surface area contributed by atoms with Gasteiger partial charge in [0.05, 0.1) is 24.2 Å². The van der Waals surface area contributed by atoms with Crippen LogP contribution in [0, 0.1) is 0 Å². The first-order valence-corrected chi connectivity index (χ1v) is 8.62. The van der Waals surface area contributed by atoms with Gasteiger partial charge in [0, 0.05) is 14.1 Å². The molecule has 5 nitrogen and oxygen atoms in total. The van der Waals surface area contributed by atoms with Gasteiger partial charge >= 0.3 is 0 Å². The number of hydrogen-bond donors (Lipinski definition) is 1. The number of aliphatic imine (C=N–C) groups is 2.